The standard InChI is InChI=1S/C15H27F3N2/c1-14(2,3)20-9-11-5-6-12(10-20)13(11)19(4)8-7-15(16,17)18/h11-13H,5-10H2,1-4H3/t11-,12+,13?. The van der Waals surface area contributed by atoms with Crippen LogP contribution in [0.15, 0.2) is 0 Å². The zero-order valence-electron chi connectivity index (χ0n) is 13.0. The molecule has 1 unspecified atom stereocenters. The molecule has 0 amide bonds. The van der Waals surface area contributed by atoms with Crippen molar-refractivity contribution in [2.24, 2.45) is 11.8 Å². The number of piperidine rings is 1. The van der Waals surface area contributed by atoms with Gasteiger partial charge in [-0.3, -0.25) is 4.90 Å². The van der Waals surface area contributed by atoms with Gasteiger partial charge in [0, 0.05) is 31.2 Å². The summed E-state index contributed by atoms with van der Waals surface area (Å²) in [5.41, 5.74) is 0.163. The number of rotatable bonds is 3. The monoisotopic (exact) mass is 292 g/mol. The second-order valence-corrected chi connectivity index (χ2v) is 7.51. The van der Waals surface area contributed by atoms with E-state index in [4.69, 9.17) is 0 Å². The van der Waals surface area contributed by atoms with Crippen LogP contribution >= 0.6 is 0 Å². The van der Waals surface area contributed by atoms with Crippen LogP contribution in [-0.4, -0.2) is 54.2 Å². The Labute approximate surface area is 120 Å². The van der Waals surface area contributed by atoms with Gasteiger partial charge in [-0.05, 0) is 52.5 Å². The molecule has 0 aromatic rings. The normalized spacial score (nSPS) is 32.1. The Morgan fingerprint density at radius 3 is 1.95 bits per heavy atom. The third-order valence-corrected chi connectivity index (χ3v) is 4.99. The molecule has 2 aliphatic rings. The van der Waals surface area contributed by atoms with Crippen molar-refractivity contribution in [2.45, 2.75) is 57.8 Å². The Hall–Kier alpha value is -0.290. The lowest BCUT2D eigenvalue weighted by atomic mass is 9.88. The van der Waals surface area contributed by atoms with Crippen LogP contribution in [0.2, 0.25) is 0 Å². The minimum atomic E-state index is -4.04. The maximum atomic E-state index is 12.4. The lowest BCUT2D eigenvalue weighted by Crippen LogP contribution is -2.56. The van der Waals surface area contributed by atoms with E-state index in [2.05, 4.69) is 25.7 Å². The van der Waals surface area contributed by atoms with Crippen LogP contribution in [0.3, 0.4) is 0 Å². The summed E-state index contributed by atoms with van der Waals surface area (Å²) in [7, 11) is 1.87. The first-order valence-corrected chi connectivity index (χ1v) is 7.60. The van der Waals surface area contributed by atoms with Crippen molar-refractivity contribution in [1.82, 2.24) is 9.80 Å². The molecular weight excluding hydrogens is 265 g/mol. The highest BCUT2D eigenvalue weighted by Gasteiger charge is 2.46. The van der Waals surface area contributed by atoms with Gasteiger partial charge in [-0.2, -0.15) is 13.2 Å². The summed E-state index contributed by atoms with van der Waals surface area (Å²) in [5, 5.41) is 0. The molecule has 2 fully saturated rings. The molecule has 118 valence electrons. The summed E-state index contributed by atoms with van der Waals surface area (Å²) in [6, 6.07) is 0.343. The first kappa shape index (κ1) is 16.1. The summed E-state index contributed by atoms with van der Waals surface area (Å²) < 4.78 is 37.1. The summed E-state index contributed by atoms with van der Waals surface area (Å²) in [4.78, 5) is 4.47. The Kier molecular flexibility index (Phi) is 4.41. The Bertz CT molecular complexity index is 321. The van der Waals surface area contributed by atoms with Crippen LogP contribution in [0.4, 0.5) is 13.2 Å². The zero-order chi connectivity index (χ0) is 15.1. The number of hydrogen-bond acceptors (Lipinski definition) is 2. The van der Waals surface area contributed by atoms with Crippen molar-refractivity contribution >= 4 is 0 Å². The topological polar surface area (TPSA) is 6.48 Å². The van der Waals surface area contributed by atoms with Gasteiger partial charge in [0.25, 0.3) is 0 Å². The number of hydrogen-bond donors (Lipinski definition) is 0. The van der Waals surface area contributed by atoms with Gasteiger partial charge in [0.1, 0.15) is 0 Å². The summed E-state index contributed by atoms with van der Waals surface area (Å²) in [6.45, 7) is 8.86. The van der Waals surface area contributed by atoms with E-state index in [0.29, 0.717) is 17.9 Å². The first-order valence-electron chi connectivity index (χ1n) is 7.60. The van der Waals surface area contributed by atoms with Crippen molar-refractivity contribution in [1.29, 1.82) is 0 Å². The molecule has 1 heterocycles. The van der Waals surface area contributed by atoms with Gasteiger partial charge in [-0.25, -0.2) is 0 Å². The third kappa shape index (κ3) is 3.67. The molecule has 2 bridgehead atoms. The molecule has 0 radical (unpaired) electrons. The van der Waals surface area contributed by atoms with Crippen molar-refractivity contribution in [3.63, 3.8) is 0 Å². The summed E-state index contributed by atoms with van der Waals surface area (Å²) in [6.07, 6.45) is -2.40. The lowest BCUT2D eigenvalue weighted by Gasteiger charge is -2.47. The maximum absolute atomic E-state index is 12.4. The van der Waals surface area contributed by atoms with E-state index in [1.54, 1.807) is 0 Å². The van der Waals surface area contributed by atoms with E-state index in [9.17, 15) is 13.2 Å². The molecule has 0 aromatic carbocycles. The zero-order valence-corrected chi connectivity index (χ0v) is 13.0. The minimum absolute atomic E-state index is 0.136. The summed E-state index contributed by atoms with van der Waals surface area (Å²) >= 11 is 0. The molecule has 0 N–H and O–H groups in total. The minimum Gasteiger partial charge on any atom is -0.302 e. The number of nitrogens with zero attached hydrogens (tertiary/aromatic N) is 2. The largest absolute Gasteiger partial charge is 0.390 e. The van der Waals surface area contributed by atoms with E-state index in [-0.39, 0.29) is 12.1 Å². The fourth-order valence-corrected chi connectivity index (χ4v) is 3.91. The molecule has 3 atom stereocenters. The molecule has 20 heavy (non-hydrogen) atoms. The number of halogens is 3. The number of likely N-dealkylation sites (tertiary alicyclic amines) is 1. The molecule has 1 saturated heterocycles. The van der Waals surface area contributed by atoms with E-state index in [1.165, 1.54) is 0 Å². The van der Waals surface area contributed by atoms with E-state index < -0.39 is 12.6 Å². The molecule has 0 spiro atoms. The van der Waals surface area contributed by atoms with Gasteiger partial charge in [-0.1, -0.05) is 0 Å². The highest BCUT2D eigenvalue weighted by molar-refractivity contribution is 5.00. The first-order chi connectivity index (χ1) is 9.08. The van der Waals surface area contributed by atoms with Gasteiger partial charge in [-0.15, -0.1) is 0 Å². The van der Waals surface area contributed by atoms with Gasteiger partial charge >= 0.3 is 6.18 Å². The van der Waals surface area contributed by atoms with Crippen molar-refractivity contribution < 1.29 is 13.2 Å². The Morgan fingerprint density at radius 1 is 1.05 bits per heavy atom. The predicted octanol–water partition coefficient (Wildman–Crippen LogP) is 3.38. The van der Waals surface area contributed by atoms with Crippen molar-refractivity contribution in [3.8, 4) is 0 Å². The van der Waals surface area contributed by atoms with Crippen LogP contribution in [0.5, 0.6) is 0 Å². The average Bonchev–Trinajstić information content (AvgIpc) is 2.54. The second kappa shape index (κ2) is 5.48. The second-order valence-electron chi connectivity index (χ2n) is 7.51. The molecular formula is C15H27F3N2. The molecule has 1 aliphatic carbocycles. The maximum Gasteiger partial charge on any atom is 0.390 e. The third-order valence-electron chi connectivity index (χ3n) is 4.99. The van der Waals surface area contributed by atoms with Crippen molar-refractivity contribution in [2.75, 3.05) is 26.7 Å². The molecule has 0 aromatic heterocycles. The lowest BCUT2D eigenvalue weighted by molar-refractivity contribution is -0.140. The van der Waals surface area contributed by atoms with Crippen LogP contribution in [0.1, 0.15) is 40.0 Å². The Morgan fingerprint density at radius 2 is 1.55 bits per heavy atom. The van der Waals surface area contributed by atoms with Crippen molar-refractivity contribution in [3.05, 3.63) is 0 Å². The van der Waals surface area contributed by atoms with Crippen LogP contribution in [0.25, 0.3) is 0 Å². The van der Waals surface area contributed by atoms with Gasteiger partial charge < -0.3 is 4.90 Å². The SMILES string of the molecule is CN(CCC(F)(F)F)C1[C@@H]2CC[C@H]1CN(C(C)(C)C)C2. The van der Waals surface area contributed by atoms with Crippen LogP contribution in [0, 0.1) is 11.8 Å². The van der Waals surface area contributed by atoms with Gasteiger partial charge in [0.05, 0.1) is 6.42 Å². The number of fused-ring (bicyclic) bond motifs is 2. The molecule has 2 nitrogen and oxygen atoms in total. The highest BCUT2D eigenvalue weighted by Crippen LogP contribution is 2.41. The van der Waals surface area contributed by atoms with E-state index in [1.807, 2.05) is 11.9 Å². The fourth-order valence-electron chi connectivity index (χ4n) is 3.91. The average molecular weight is 292 g/mol. The smallest absolute Gasteiger partial charge is 0.302 e. The number of alkyl halides is 3. The van der Waals surface area contributed by atoms with Gasteiger partial charge in [0.2, 0.25) is 0 Å². The summed E-state index contributed by atoms with van der Waals surface area (Å²) in [5.74, 6) is 1.07. The van der Waals surface area contributed by atoms with Crippen LogP contribution < -0.4 is 0 Å². The Balaban J connectivity index is 1.95. The predicted molar refractivity (Wildman–Crippen MR) is 74.6 cm³/mol. The molecule has 1 saturated carbocycles. The van der Waals surface area contributed by atoms with Crippen LogP contribution in [-0.2, 0) is 0 Å². The fraction of sp³-hybridized carbons (Fsp3) is 1.00. The van der Waals surface area contributed by atoms with Gasteiger partial charge in [0.15, 0.2) is 0 Å². The molecule has 5 heteroatoms. The quantitative estimate of drug-likeness (QED) is 0.787. The van der Waals surface area contributed by atoms with E-state index >= 15 is 0 Å². The van der Waals surface area contributed by atoms with E-state index in [0.717, 1.165) is 25.9 Å². The molecule has 1 aliphatic heterocycles. The highest BCUT2D eigenvalue weighted by atomic mass is 19.4. The molecule has 2 rings (SSSR count).